The summed E-state index contributed by atoms with van der Waals surface area (Å²) in [6.45, 7) is 9.78. The van der Waals surface area contributed by atoms with Gasteiger partial charge in [-0.15, -0.1) is 0 Å². The van der Waals surface area contributed by atoms with Crippen LogP contribution in [0.4, 0.5) is 0 Å². The first kappa shape index (κ1) is 28.4. The van der Waals surface area contributed by atoms with E-state index in [4.69, 9.17) is 0 Å². The van der Waals surface area contributed by atoms with Crippen molar-refractivity contribution < 1.29 is 4.79 Å². The second-order valence-corrected chi connectivity index (χ2v) is 9.11. The van der Waals surface area contributed by atoms with Crippen LogP contribution in [0.15, 0.2) is 82.7 Å². The van der Waals surface area contributed by atoms with Crippen LogP contribution in [0.1, 0.15) is 81.6 Å². The first-order chi connectivity index (χ1) is 16.7. The number of hydrogen-bond acceptors (Lipinski definition) is 3. The van der Waals surface area contributed by atoms with Crippen LogP contribution in [0.3, 0.4) is 0 Å². The van der Waals surface area contributed by atoms with E-state index in [0.717, 1.165) is 50.0 Å². The first-order valence-electron chi connectivity index (χ1n) is 12.5. The lowest BCUT2D eigenvalue weighted by molar-refractivity contribution is 0.0762. The van der Waals surface area contributed by atoms with Gasteiger partial charge in [0.15, 0.2) is 0 Å². The van der Waals surface area contributed by atoms with Crippen molar-refractivity contribution in [3.8, 4) is 0 Å². The molecule has 3 aromatic rings. The Morgan fingerprint density at radius 3 is 2.49 bits per heavy atom. The number of amides is 1. The van der Waals surface area contributed by atoms with E-state index in [1.807, 2.05) is 43.1 Å². The fourth-order valence-electron chi connectivity index (χ4n) is 4.09. The number of pyridine rings is 1. The van der Waals surface area contributed by atoms with Gasteiger partial charge in [-0.1, -0.05) is 76.7 Å². The molecule has 3 nitrogen and oxygen atoms in total. The zero-order valence-corrected chi connectivity index (χ0v) is 21.7. The molecule has 1 aliphatic rings. The van der Waals surface area contributed by atoms with Crippen molar-refractivity contribution in [1.82, 2.24) is 9.88 Å². The number of carbonyl (C=O) groups excluding carboxylic acids is 1. The highest BCUT2D eigenvalue weighted by Crippen LogP contribution is 2.39. The normalized spacial score (nSPS) is 13.7. The molecule has 0 spiro atoms. The Kier molecular flexibility index (Phi) is 11.8. The van der Waals surface area contributed by atoms with Gasteiger partial charge in [-0.3, -0.25) is 9.78 Å². The second-order valence-electron chi connectivity index (χ2n) is 8.03. The van der Waals surface area contributed by atoms with Crippen LogP contribution in [0.5, 0.6) is 0 Å². The highest BCUT2D eigenvalue weighted by Gasteiger charge is 2.19. The summed E-state index contributed by atoms with van der Waals surface area (Å²) in [5.74, 6) is 0.138. The van der Waals surface area contributed by atoms with Gasteiger partial charge in [-0.2, -0.15) is 0 Å². The van der Waals surface area contributed by atoms with Gasteiger partial charge in [0.25, 0.3) is 5.91 Å². The number of rotatable bonds is 6. The molecule has 0 saturated heterocycles. The fraction of sp³-hybridized carbons (Fsp3) is 0.355. The molecule has 2 aromatic carbocycles. The number of benzene rings is 2. The van der Waals surface area contributed by atoms with Crippen LogP contribution in [0.2, 0.25) is 0 Å². The third kappa shape index (κ3) is 7.08. The van der Waals surface area contributed by atoms with Crippen molar-refractivity contribution in [3.05, 3.63) is 95.3 Å². The number of allylic oxidation sites excluding steroid dienone is 1. The molecule has 1 aromatic heterocycles. The number of carbonyl (C=O) groups is 1. The molecule has 2 heterocycles. The summed E-state index contributed by atoms with van der Waals surface area (Å²) in [5.41, 5.74) is 5.41. The van der Waals surface area contributed by atoms with Gasteiger partial charge in [0, 0.05) is 40.2 Å². The van der Waals surface area contributed by atoms with Crippen LogP contribution in [0, 0.1) is 0 Å². The van der Waals surface area contributed by atoms with Crippen LogP contribution < -0.4 is 0 Å². The van der Waals surface area contributed by atoms with Crippen LogP contribution >= 0.6 is 11.8 Å². The monoisotopic (exact) mass is 488 g/mol. The van der Waals surface area contributed by atoms with E-state index in [2.05, 4.69) is 67.4 Å². The molecule has 0 N–H and O–H groups in total. The number of aromatic nitrogens is 1. The minimum atomic E-state index is 0. The van der Waals surface area contributed by atoms with Gasteiger partial charge in [0.1, 0.15) is 0 Å². The molecule has 0 unspecified atom stereocenters. The third-order valence-corrected chi connectivity index (χ3v) is 7.05. The van der Waals surface area contributed by atoms with E-state index in [1.165, 1.54) is 26.5 Å². The van der Waals surface area contributed by atoms with Gasteiger partial charge in [0.05, 0.1) is 5.69 Å². The summed E-state index contributed by atoms with van der Waals surface area (Å²) in [7, 11) is 0. The molecule has 0 atom stereocenters. The maximum atomic E-state index is 13.1. The van der Waals surface area contributed by atoms with Crippen molar-refractivity contribution in [3.63, 3.8) is 0 Å². The maximum Gasteiger partial charge on any atom is 0.253 e. The lowest BCUT2D eigenvalue weighted by Crippen LogP contribution is -2.31. The average Bonchev–Trinajstić information content (AvgIpc) is 2.97. The van der Waals surface area contributed by atoms with Gasteiger partial charge in [0.2, 0.25) is 0 Å². The molecule has 4 rings (SSSR count). The van der Waals surface area contributed by atoms with Crippen LogP contribution in [0.25, 0.3) is 5.57 Å². The zero-order valence-electron chi connectivity index (χ0n) is 20.9. The van der Waals surface area contributed by atoms with E-state index in [-0.39, 0.29) is 13.3 Å². The van der Waals surface area contributed by atoms with Crippen molar-refractivity contribution in [1.29, 1.82) is 0 Å². The van der Waals surface area contributed by atoms with Gasteiger partial charge < -0.3 is 4.90 Å². The molecule has 0 radical (unpaired) electrons. The highest BCUT2D eigenvalue weighted by atomic mass is 32.2. The maximum absolute atomic E-state index is 13.1. The Morgan fingerprint density at radius 2 is 1.77 bits per heavy atom. The molecule has 0 fully saturated rings. The van der Waals surface area contributed by atoms with Gasteiger partial charge >= 0.3 is 0 Å². The molecule has 186 valence electrons. The zero-order chi connectivity index (χ0) is 24.3. The Morgan fingerprint density at radius 1 is 1.00 bits per heavy atom. The van der Waals surface area contributed by atoms with Crippen molar-refractivity contribution >= 4 is 23.2 Å². The van der Waals surface area contributed by atoms with E-state index in [9.17, 15) is 4.79 Å². The fourth-order valence-corrected chi connectivity index (χ4v) is 5.19. The summed E-state index contributed by atoms with van der Waals surface area (Å²) < 4.78 is 0. The summed E-state index contributed by atoms with van der Waals surface area (Å²) in [5, 5.41) is 0. The van der Waals surface area contributed by atoms with Gasteiger partial charge in [-0.25, -0.2) is 0 Å². The number of nitrogens with zero attached hydrogens (tertiary/aromatic N) is 2. The number of aryl methyl sites for hydroxylation is 1. The van der Waals surface area contributed by atoms with Crippen molar-refractivity contribution in [2.24, 2.45) is 0 Å². The SMILES string of the molecule is C.CC.CCCCN(CC)C(=O)c1ccc2c(c1)CC/C=C(\c1ccccn1)c1ccccc1S2. The van der Waals surface area contributed by atoms with E-state index in [1.54, 1.807) is 11.8 Å². The summed E-state index contributed by atoms with van der Waals surface area (Å²) in [4.78, 5) is 22.1. The van der Waals surface area contributed by atoms with E-state index < -0.39 is 0 Å². The Bertz CT molecular complexity index is 1110. The predicted octanol–water partition coefficient (Wildman–Crippen LogP) is 8.54. The molecular formula is C31H40N2OS. The molecule has 35 heavy (non-hydrogen) atoms. The minimum absolute atomic E-state index is 0. The first-order valence-corrected chi connectivity index (χ1v) is 13.3. The van der Waals surface area contributed by atoms with Crippen LogP contribution in [-0.4, -0.2) is 28.9 Å². The molecule has 0 aliphatic carbocycles. The Hall–Kier alpha value is -2.85. The molecular weight excluding hydrogens is 448 g/mol. The number of hydrogen-bond donors (Lipinski definition) is 0. The topological polar surface area (TPSA) is 33.2 Å². The largest absolute Gasteiger partial charge is 0.339 e. The van der Waals surface area contributed by atoms with E-state index >= 15 is 0 Å². The lowest BCUT2D eigenvalue weighted by atomic mass is 9.99. The Labute approximate surface area is 216 Å². The second kappa shape index (κ2) is 14.5. The third-order valence-electron chi connectivity index (χ3n) is 5.86. The molecule has 0 bridgehead atoms. The average molecular weight is 489 g/mol. The molecule has 1 amide bonds. The standard InChI is InChI=1S/C28H30N2OS.C2H6.CH4/c1-3-5-19-30(4-2)28(31)22-16-17-26-21(20-22)11-10-13-23(25-14-8-9-18-29-25)24-12-6-7-15-27(24)32-26;1-2;/h6-9,12-18,20H,3-5,10-11,19H2,1-2H3;1-2H3;1H4/b23-13-;;. The van der Waals surface area contributed by atoms with Crippen molar-refractivity contribution in [2.45, 2.75) is 70.6 Å². The summed E-state index contributed by atoms with van der Waals surface area (Å²) >= 11 is 1.78. The highest BCUT2D eigenvalue weighted by molar-refractivity contribution is 7.99. The molecule has 1 aliphatic heterocycles. The number of unbranched alkanes of at least 4 members (excludes halogenated alkanes) is 1. The van der Waals surface area contributed by atoms with Crippen LogP contribution in [-0.2, 0) is 6.42 Å². The molecule has 4 heteroatoms. The molecule has 0 saturated carbocycles. The quantitative estimate of drug-likeness (QED) is 0.348. The van der Waals surface area contributed by atoms with Crippen molar-refractivity contribution in [2.75, 3.05) is 13.1 Å². The minimum Gasteiger partial charge on any atom is -0.339 e. The number of fused-ring (bicyclic) bond motifs is 2. The Balaban J connectivity index is 0.00000140. The summed E-state index contributed by atoms with van der Waals surface area (Å²) in [6, 6.07) is 20.8. The lowest BCUT2D eigenvalue weighted by Gasteiger charge is -2.21. The summed E-state index contributed by atoms with van der Waals surface area (Å²) in [6.07, 6.45) is 8.08. The van der Waals surface area contributed by atoms with E-state index in [0.29, 0.717) is 0 Å². The van der Waals surface area contributed by atoms with Gasteiger partial charge in [-0.05, 0) is 73.7 Å². The smallest absolute Gasteiger partial charge is 0.253 e. The predicted molar refractivity (Wildman–Crippen MR) is 151 cm³/mol.